The lowest BCUT2D eigenvalue weighted by Crippen LogP contribution is -2.43. The van der Waals surface area contributed by atoms with Crippen molar-refractivity contribution < 1.29 is 9.53 Å². The number of carbonyl (C=O) groups is 1. The average Bonchev–Trinajstić information content (AvgIpc) is 2.82. The van der Waals surface area contributed by atoms with Gasteiger partial charge in [0.2, 0.25) is 0 Å². The first-order valence-corrected chi connectivity index (χ1v) is 11.3. The molecular formula is C27H32N2O2. The van der Waals surface area contributed by atoms with Gasteiger partial charge < -0.3 is 9.64 Å². The number of hydrogen-bond donors (Lipinski definition) is 0. The van der Waals surface area contributed by atoms with Crippen LogP contribution in [0.15, 0.2) is 72.8 Å². The van der Waals surface area contributed by atoms with Gasteiger partial charge in [0.1, 0.15) is 0 Å². The van der Waals surface area contributed by atoms with E-state index in [1.165, 1.54) is 12.0 Å². The van der Waals surface area contributed by atoms with E-state index in [1.54, 1.807) is 7.11 Å². The summed E-state index contributed by atoms with van der Waals surface area (Å²) in [5.74, 6) is 0.585. The number of ether oxygens (including phenoxy) is 1. The van der Waals surface area contributed by atoms with Crippen molar-refractivity contribution in [1.29, 1.82) is 0 Å². The first-order valence-electron chi connectivity index (χ1n) is 11.3. The minimum atomic E-state index is 0.106. The Kier molecular flexibility index (Phi) is 7.34. The van der Waals surface area contributed by atoms with Crippen molar-refractivity contribution in [2.24, 2.45) is 5.92 Å². The summed E-state index contributed by atoms with van der Waals surface area (Å²) in [5.41, 5.74) is 2.14. The molecule has 0 bridgehead atoms. The number of nitrogens with zero attached hydrogens (tertiary/aromatic N) is 2. The van der Waals surface area contributed by atoms with Gasteiger partial charge >= 0.3 is 0 Å². The van der Waals surface area contributed by atoms with E-state index in [9.17, 15) is 4.79 Å². The van der Waals surface area contributed by atoms with Crippen LogP contribution in [0.4, 0.5) is 0 Å². The molecule has 1 atom stereocenters. The van der Waals surface area contributed by atoms with E-state index in [-0.39, 0.29) is 5.91 Å². The van der Waals surface area contributed by atoms with Gasteiger partial charge in [-0.1, -0.05) is 66.7 Å². The normalized spacial score (nSPS) is 17.0. The van der Waals surface area contributed by atoms with Gasteiger partial charge in [-0.25, -0.2) is 0 Å². The van der Waals surface area contributed by atoms with Crippen molar-refractivity contribution in [3.05, 3.63) is 83.9 Å². The van der Waals surface area contributed by atoms with E-state index >= 15 is 0 Å². The lowest BCUT2D eigenvalue weighted by molar-refractivity contribution is 0.0605. The summed E-state index contributed by atoms with van der Waals surface area (Å²) < 4.78 is 5.33. The molecule has 1 saturated heterocycles. The lowest BCUT2D eigenvalue weighted by atomic mass is 9.96. The predicted molar refractivity (Wildman–Crippen MR) is 126 cm³/mol. The van der Waals surface area contributed by atoms with Gasteiger partial charge in [-0.15, -0.1) is 0 Å². The van der Waals surface area contributed by atoms with Crippen LogP contribution in [0.1, 0.15) is 28.8 Å². The van der Waals surface area contributed by atoms with E-state index in [0.717, 1.165) is 48.9 Å². The molecule has 4 nitrogen and oxygen atoms in total. The number of amides is 1. The smallest absolute Gasteiger partial charge is 0.254 e. The summed E-state index contributed by atoms with van der Waals surface area (Å²) in [4.78, 5) is 18.1. The molecule has 1 heterocycles. The number of rotatable bonds is 8. The molecule has 162 valence electrons. The Balaban J connectivity index is 1.48. The summed E-state index contributed by atoms with van der Waals surface area (Å²) in [6, 6.07) is 24.8. The molecule has 1 unspecified atom stereocenters. The molecule has 0 aromatic heterocycles. The topological polar surface area (TPSA) is 32.8 Å². The van der Waals surface area contributed by atoms with E-state index in [2.05, 4.69) is 47.4 Å². The molecule has 0 spiro atoms. The van der Waals surface area contributed by atoms with Crippen LogP contribution in [0, 0.1) is 5.92 Å². The second-order valence-corrected chi connectivity index (χ2v) is 8.50. The first kappa shape index (κ1) is 21.5. The Morgan fingerprint density at radius 1 is 1.03 bits per heavy atom. The molecule has 1 aliphatic rings. The molecule has 0 aliphatic carbocycles. The van der Waals surface area contributed by atoms with E-state index in [4.69, 9.17) is 4.74 Å². The molecule has 3 aromatic carbocycles. The monoisotopic (exact) mass is 416 g/mol. The zero-order valence-corrected chi connectivity index (χ0v) is 18.4. The highest BCUT2D eigenvalue weighted by Gasteiger charge is 2.25. The van der Waals surface area contributed by atoms with E-state index in [0.29, 0.717) is 19.1 Å². The summed E-state index contributed by atoms with van der Waals surface area (Å²) in [6.07, 6.45) is 2.34. The molecule has 1 aliphatic heterocycles. The van der Waals surface area contributed by atoms with Crippen molar-refractivity contribution in [3.8, 4) is 0 Å². The molecule has 1 fully saturated rings. The zero-order valence-electron chi connectivity index (χ0n) is 18.4. The highest BCUT2D eigenvalue weighted by atomic mass is 16.5. The fraction of sp³-hybridized carbons (Fsp3) is 0.370. The largest absolute Gasteiger partial charge is 0.383 e. The second kappa shape index (κ2) is 10.6. The first-order chi connectivity index (χ1) is 15.2. The van der Waals surface area contributed by atoms with Gasteiger partial charge in [-0.2, -0.15) is 0 Å². The Hall–Kier alpha value is -2.69. The second-order valence-electron chi connectivity index (χ2n) is 8.50. The van der Waals surface area contributed by atoms with Gasteiger partial charge in [-0.05, 0) is 47.7 Å². The molecular weight excluding hydrogens is 384 g/mol. The average molecular weight is 417 g/mol. The maximum absolute atomic E-state index is 13.6. The van der Waals surface area contributed by atoms with Crippen LogP contribution in [0.2, 0.25) is 0 Å². The van der Waals surface area contributed by atoms with Crippen molar-refractivity contribution in [2.45, 2.75) is 19.4 Å². The molecule has 0 N–H and O–H groups in total. The molecule has 3 aromatic rings. The van der Waals surface area contributed by atoms with E-state index in [1.807, 2.05) is 35.2 Å². The standard InChI is InChI=1S/C27H32N2O2/c1-31-18-17-29(27(30)26-15-7-13-24-12-5-6-14-25(24)26)21-23-11-8-16-28(20-23)19-22-9-3-2-4-10-22/h2-7,9-10,12-15,23H,8,11,16-21H2,1H3. The zero-order chi connectivity index (χ0) is 21.5. The minimum Gasteiger partial charge on any atom is -0.383 e. The van der Waals surface area contributed by atoms with Crippen LogP contribution in [0.25, 0.3) is 10.8 Å². The molecule has 4 heteroatoms. The minimum absolute atomic E-state index is 0.106. The van der Waals surface area contributed by atoms with Gasteiger partial charge in [0.25, 0.3) is 5.91 Å². The predicted octanol–water partition coefficient (Wildman–Crippen LogP) is 4.84. The Labute approximate surface area is 185 Å². The van der Waals surface area contributed by atoms with Crippen molar-refractivity contribution in [3.63, 3.8) is 0 Å². The van der Waals surface area contributed by atoms with Crippen molar-refractivity contribution in [1.82, 2.24) is 9.80 Å². The van der Waals surface area contributed by atoms with Gasteiger partial charge in [0, 0.05) is 38.9 Å². The Morgan fingerprint density at radius 2 is 1.81 bits per heavy atom. The maximum atomic E-state index is 13.6. The molecule has 31 heavy (non-hydrogen) atoms. The Bertz CT molecular complexity index is 983. The number of methoxy groups -OCH3 is 1. The third-order valence-corrected chi connectivity index (χ3v) is 6.20. The third-order valence-electron chi connectivity index (χ3n) is 6.20. The third kappa shape index (κ3) is 5.52. The molecule has 1 amide bonds. The number of hydrogen-bond acceptors (Lipinski definition) is 3. The molecule has 0 radical (unpaired) electrons. The Morgan fingerprint density at radius 3 is 2.65 bits per heavy atom. The molecule has 0 saturated carbocycles. The summed E-state index contributed by atoms with van der Waals surface area (Å²) >= 11 is 0. The van der Waals surface area contributed by atoms with Gasteiger partial charge in [0.05, 0.1) is 6.61 Å². The number of fused-ring (bicyclic) bond motifs is 1. The SMILES string of the molecule is COCCN(CC1CCCN(Cc2ccccc2)C1)C(=O)c1cccc2ccccc12. The maximum Gasteiger partial charge on any atom is 0.254 e. The van der Waals surface area contributed by atoms with Crippen LogP contribution in [-0.4, -0.2) is 55.6 Å². The quantitative estimate of drug-likeness (QED) is 0.527. The fourth-order valence-corrected chi connectivity index (χ4v) is 4.66. The number of likely N-dealkylation sites (tertiary alicyclic amines) is 1. The summed E-state index contributed by atoms with van der Waals surface area (Å²) in [5, 5.41) is 2.12. The van der Waals surface area contributed by atoms with Crippen LogP contribution in [0.5, 0.6) is 0 Å². The highest BCUT2D eigenvalue weighted by Crippen LogP contribution is 2.23. The number of benzene rings is 3. The summed E-state index contributed by atoms with van der Waals surface area (Å²) in [7, 11) is 1.70. The number of carbonyl (C=O) groups excluding carboxylic acids is 1. The van der Waals surface area contributed by atoms with Crippen LogP contribution in [0.3, 0.4) is 0 Å². The van der Waals surface area contributed by atoms with Gasteiger partial charge in [0.15, 0.2) is 0 Å². The summed E-state index contributed by atoms with van der Waals surface area (Å²) in [6.45, 7) is 5.08. The highest BCUT2D eigenvalue weighted by molar-refractivity contribution is 6.07. The fourth-order valence-electron chi connectivity index (χ4n) is 4.66. The lowest BCUT2D eigenvalue weighted by Gasteiger charge is -2.36. The van der Waals surface area contributed by atoms with Crippen molar-refractivity contribution in [2.75, 3.05) is 39.9 Å². The van der Waals surface area contributed by atoms with Crippen LogP contribution in [-0.2, 0) is 11.3 Å². The van der Waals surface area contributed by atoms with Crippen LogP contribution < -0.4 is 0 Å². The number of piperidine rings is 1. The van der Waals surface area contributed by atoms with E-state index < -0.39 is 0 Å². The molecule has 4 rings (SSSR count). The van der Waals surface area contributed by atoms with Gasteiger partial charge in [-0.3, -0.25) is 9.69 Å². The van der Waals surface area contributed by atoms with Crippen LogP contribution >= 0.6 is 0 Å². The van der Waals surface area contributed by atoms with Crippen molar-refractivity contribution >= 4 is 16.7 Å².